The SMILES string of the molecule is CCCS(CCC)(CCC)OC(=O)C(=O)OS(CCC)(CCC)CCC. The molecule has 0 aliphatic rings. The van der Waals surface area contributed by atoms with Crippen molar-refractivity contribution in [1.29, 1.82) is 0 Å². The van der Waals surface area contributed by atoms with Gasteiger partial charge in [0.15, 0.2) is 0 Å². The lowest BCUT2D eigenvalue weighted by Gasteiger charge is -2.40. The smallest absolute Gasteiger partial charge is 0.407 e. The lowest BCUT2D eigenvalue weighted by Crippen LogP contribution is -2.29. The zero-order chi connectivity index (χ0) is 20.1. The molecule has 0 unspecified atom stereocenters. The van der Waals surface area contributed by atoms with Gasteiger partial charge in [-0.25, -0.2) is 9.59 Å². The Labute approximate surface area is 165 Å². The molecule has 26 heavy (non-hydrogen) atoms. The summed E-state index contributed by atoms with van der Waals surface area (Å²) in [4.78, 5) is 25.2. The van der Waals surface area contributed by atoms with E-state index in [0.29, 0.717) is 0 Å². The minimum absolute atomic E-state index is 0.754. The predicted molar refractivity (Wildman–Crippen MR) is 118 cm³/mol. The summed E-state index contributed by atoms with van der Waals surface area (Å²) in [6.07, 6.45) is 5.80. The van der Waals surface area contributed by atoms with Crippen molar-refractivity contribution in [2.24, 2.45) is 0 Å². The maximum atomic E-state index is 12.6. The van der Waals surface area contributed by atoms with Crippen LogP contribution in [0.4, 0.5) is 0 Å². The van der Waals surface area contributed by atoms with Gasteiger partial charge in [-0.1, -0.05) is 62.2 Å². The molecule has 0 saturated heterocycles. The average Bonchev–Trinajstić information content (AvgIpc) is 2.56. The minimum atomic E-state index is -1.52. The van der Waals surface area contributed by atoms with E-state index in [1.54, 1.807) is 0 Å². The second-order valence-corrected chi connectivity index (χ2v) is 13.5. The Bertz CT molecular complexity index is 341. The normalized spacial score (nSPS) is 13.3. The summed E-state index contributed by atoms with van der Waals surface area (Å²) in [7, 11) is -3.05. The van der Waals surface area contributed by atoms with Gasteiger partial charge in [-0.05, 0) is 38.5 Å². The molecule has 0 aromatic heterocycles. The van der Waals surface area contributed by atoms with Crippen molar-refractivity contribution in [2.75, 3.05) is 34.5 Å². The van der Waals surface area contributed by atoms with Crippen LogP contribution < -0.4 is 0 Å². The fourth-order valence-electron chi connectivity index (χ4n) is 3.48. The van der Waals surface area contributed by atoms with E-state index in [4.69, 9.17) is 8.37 Å². The van der Waals surface area contributed by atoms with Crippen molar-refractivity contribution in [1.82, 2.24) is 0 Å². The van der Waals surface area contributed by atoms with Gasteiger partial charge in [0, 0.05) is 34.5 Å². The third-order valence-corrected chi connectivity index (χ3v) is 12.1. The van der Waals surface area contributed by atoms with Gasteiger partial charge in [0.1, 0.15) is 0 Å². The summed E-state index contributed by atoms with van der Waals surface area (Å²) in [5.74, 6) is 3.77. The molecule has 0 heterocycles. The van der Waals surface area contributed by atoms with Crippen molar-refractivity contribution < 1.29 is 18.0 Å². The van der Waals surface area contributed by atoms with Gasteiger partial charge in [0.05, 0.1) is 0 Å². The Morgan fingerprint density at radius 1 is 0.500 bits per heavy atom. The van der Waals surface area contributed by atoms with E-state index < -0.39 is 32.6 Å². The maximum absolute atomic E-state index is 12.6. The van der Waals surface area contributed by atoms with Crippen LogP contribution in [0.2, 0.25) is 0 Å². The lowest BCUT2D eigenvalue weighted by molar-refractivity contribution is -0.155. The monoisotopic (exact) mass is 410 g/mol. The summed E-state index contributed by atoms with van der Waals surface area (Å²) < 4.78 is 11.8. The van der Waals surface area contributed by atoms with E-state index >= 15 is 0 Å². The molecule has 0 rings (SSSR count). The van der Waals surface area contributed by atoms with E-state index in [2.05, 4.69) is 41.5 Å². The lowest BCUT2D eigenvalue weighted by atomic mass is 10.6. The van der Waals surface area contributed by atoms with Crippen molar-refractivity contribution >= 4 is 32.6 Å². The fourth-order valence-corrected chi connectivity index (χ4v) is 10.5. The summed E-state index contributed by atoms with van der Waals surface area (Å²) in [5, 5.41) is 0. The Balaban J connectivity index is 5.26. The maximum Gasteiger partial charge on any atom is 0.428 e. The van der Waals surface area contributed by atoms with Crippen molar-refractivity contribution in [2.45, 2.75) is 80.1 Å². The molecule has 0 atom stereocenters. The molecule has 0 aromatic carbocycles. The van der Waals surface area contributed by atoms with Crippen molar-refractivity contribution in [3.63, 3.8) is 0 Å². The first-order valence-electron chi connectivity index (χ1n) is 10.4. The highest BCUT2D eigenvalue weighted by Gasteiger charge is 2.34. The van der Waals surface area contributed by atoms with E-state index in [1.165, 1.54) is 0 Å². The van der Waals surface area contributed by atoms with Crippen LogP contribution in [-0.4, -0.2) is 46.5 Å². The molecule has 0 aromatic rings. The number of carbonyl (C=O) groups is 2. The van der Waals surface area contributed by atoms with Crippen LogP contribution >= 0.6 is 20.6 Å². The first-order chi connectivity index (χ1) is 12.4. The van der Waals surface area contributed by atoms with Crippen LogP contribution in [0, 0.1) is 0 Å². The number of hydrogen-bond acceptors (Lipinski definition) is 4. The van der Waals surface area contributed by atoms with Crippen LogP contribution in [0.25, 0.3) is 0 Å². The molecule has 0 N–H and O–H groups in total. The Morgan fingerprint density at radius 3 is 0.846 bits per heavy atom. The third kappa shape index (κ3) is 8.55. The van der Waals surface area contributed by atoms with Gasteiger partial charge in [0.25, 0.3) is 0 Å². The van der Waals surface area contributed by atoms with Crippen LogP contribution in [0.15, 0.2) is 0 Å². The second-order valence-electron chi connectivity index (χ2n) is 6.90. The molecular weight excluding hydrogens is 368 g/mol. The predicted octanol–water partition coefficient (Wildman–Crippen LogP) is 5.97. The Morgan fingerprint density at radius 2 is 0.692 bits per heavy atom. The Kier molecular flexibility index (Phi) is 13.6. The third-order valence-electron chi connectivity index (χ3n) is 4.13. The van der Waals surface area contributed by atoms with Crippen LogP contribution in [-0.2, 0) is 18.0 Å². The highest BCUT2D eigenvalue weighted by Crippen LogP contribution is 2.53. The van der Waals surface area contributed by atoms with Gasteiger partial charge in [-0.3, -0.25) is 0 Å². The first-order valence-corrected chi connectivity index (χ1v) is 14.5. The Hall–Kier alpha value is -0.360. The molecule has 0 aliphatic carbocycles. The minimum Gasteiger partial charge on any atom is -0.407 e. The zero-order valence-electron chi connectivity index (χ0n) is 17.9. The standard InChI is InChI=1S/C20H42O4S2/c1-7-13-25(14-8-2,15-9-3)23-19(21)20(22)24-26(16-10-4,17-11-5)18-12-6/h7-18H2,1-6H3. The highest BCUT2D eigenvalue weighted by molar-refractivity contribution is 8.30. The van der Waals surface area contributed by atoms with E-state index in [0.717, 1.165) is 73.0 Å². The molecule has 0 fully saturated rings. The molecule has 6 heteroatoms. The largest absolute Gasteiger partial charge is 0.428 e. The molecule has 0 amide bonds. The van der Waals surface area contributed by atoms with Crippen molar-refractivity contribution in [3.8, 4) is 0 Å². The summed E-state index contributed by atoms with van der Waals surface area (Å²) >= 11 is 0. The molecule has 0 aliphatic heterocycles. The molecule has 0 saturated carbocycles. The quantitative estimate of drug-likeness (QED) is 0.331. The van der Waals surface area contributed by atoms with Gasteiger partial charge < -0.3 is 8.37 Å². The zero-order valence-corrected chi connectivity index (χ0v) is 19.6. The van der Waals surface area contributed by atoms with Gasteiger partial charge in [-0.15, -0.1) is 0 Å². The molecular formula is C20H42O4S2. The number of hydrogen-bond donors (Lipinski definition) is 0. The van der Waals surface area contributed by atoms with Crippen molar-refractivity contribution in [3.05, 3.63) is 0 Å². The van der Waals surface area contributed by atoms with Crippen LogP contribution in [0.1, 0.15) is 80.1 Å². The second kappa shape index (κ2) is 13.8. The molecule has 0 spiro atoms. The molecule has 0 bridgehead atoms. The van der Waals surface area contributed by atoms with Crippen LogP contribution in [0.5, 0.6) is 0 Å². The van der Waals surface area contributed by atoms with Crippen LogP contribution in [0.3, 0.4) is 0 Å². The average molecular weight is 411 g/mol. The van der Waals surface area contributed by atoms with Gasteiger partial charge in [-0.2, -0.15) is 0 Å². The molecule has 158 valence electrons. The van der Waals surface area contributed by atoms with E-state index in [1.807, 2.05) is 0 Å². The fraction of sp³-hybridized carbons (Fsp3) is 0.900. The number of carbonyl (C=O) groups excluding carboxylic acids is 2. The molecule has 0 radical (unpaired) electrons. The van der Waals surface area contributed by atoms with Gasteiger partial charge in [0.2, 0.25) is 0 Å². The summed E-state index contributed by atoms with van der Waals surface area (Å²) in [6.45, 7) is 12.7. The van der Waals surface area contributed by atoms with Gasteiger partial charge >= 0.3 is 11.9 Å². The highest BCUT2D eigenvalue weighted by atomic mass is 32.3. The first kappa shape index (κ1) is 25.6. The number of rotatable bonds is 14. The van der Waals surface area contributed by atoms with E-state index in [9.17, 15) is 9.59 Å². The topological polar surface area (TPSA) is 52.6 Å². The summed E-state index contributed by atoms with van der Waals surface area (Å²) in [6, 6.07) is 0. The van der Waals surface area contributed by atoms with E-state index in [-0.39, 0.29) is 0 Å². The summed E-state index contributed by atoms with van der Waals surface area (Å²) in [5.41, 5.74) is 0. The molecule has 4 nitrogen and oxygen atoms in total.